The van der Waals surface area contributed by atoms with Crippen LogP contribution in [0.5, 0.6) is 0 Å². The number of allylic oxidation sites excluding steroid dienone is 2. The fourth-order valence-corrected chi connectivity index (χ4v) is 6.78. The summed E-state index contributed by atoms with van der Waals surface area (Å²) in [5, 5.41) is 25.0. The van der Waals surface area contributed by atoms with Crippen molar-refractivity contribution in [2.45, 2.75) is 83.0 Å². The lowest BCUT2D eigenvalue weighted by molar-refractivity contribution is -0.942. The van der Waals surface area contributed by atoms with Crippen molar-refractivity contribution < 1.29 is 33.5 Å². The summed E-state index contributed by atoms with van der Waals surface area (Å²) < 4.78 is 23.3. The molecule has 0 spiro atoms. The minimum absolute atomic E-state index is 0.143. The summed E-state index contributed by atoms with van der Waals surface area (Å²) in [5.41, 5.74) is 0.610. The maximum absolute atomic E-state index is 14.3. The van der Waals surface area contributed by atoms with Gasteiger partial charge >= 0.3 is 5.97 Å². The number of cyclic esters (lactones) is 1. The van der Waals surface area contributed by atoms with Crippen LogP contribution in [0.3, 0.4) is 0 Å². The number of methoxy groups -OCH3 is 1. The van der Waals surface area contributed by atoms with Gasteiger partial charge in [0.15, 0.2) is 5.76 Å². The predicted octanol–water partition coefficient (Wildman–Crippen LogP) is 2.46. The van der Waals surface area contributed by atoms with Gasteiger partial charge in [-0.05, 0) is 19.8 Å². The number of hydroxylamine groups is 3. The molecular formula is C22H31NO7. The zero-order valence-electron chi connectivity index (χ0n) is 18.1. The van der Waals surface area contributed by atoms with E-state index in [0.29, 0.717) is 49.3 Å². The van der Waals surface area contributed by atoms with Crippen LogP contribution in [0, 0.1) is 17.0 Å². The van der Waals surface area contributed by atoms with E-state index in [9.17, 15) is 15.1 Å². The summed E-state index contributed by atoms with van der Waals surface area (Å²) in [5.74, 6) is -0.528. The Morgan fingerprint density at radius 3 is 2.83 bits per heavy atom. The van der Waals surface area contributed by atoms with E-state index in [1.165, 1.54) is 7.11 Å². The van der Waals surface area contributed by atoms with Gasteiger partial charge in [0, 0.05) is 30.8 Å². The Labute approximate surface area is 176 Å². The Morgan fingerprint density at radius 1 is 1.40 bits per heavy atom. The highest BCUT2D eigenvalue weighted by Crippen LogP contribution is 2.61. The van der Waals surface area contributed by atoms with Crippen molar-refractivity contribution in [3.63, 3.8) is 0 Å². The third-order valence-electron chi connectivity index (χ3n) is 8.04. The average molecular weight is 421 g/mol. The minimum atomic E-state index is -0.865. The van der Waals surface area contributed by atoms with E-state index >= 15 is 0 Å². The van der Waals surface area contributed by atoms with Gasteiger partial charge in [0.2, 0.25) is 11.5 Å². The highest BCUT2D eigenvalue weighted by molar-refractivity contribution is 5.92. The zero-order valence-corrected chi connectivity index (χ0v) is 18.1. The fraction of sp³-hybridized carbons (Fsp3) is 0.773. The molecule has 0 aliphatic carbocycles. The number of ether oxygens (including phenoxy) is 4. The normalized spacial score (nSPS) is 48.2. The summed E-state index contributed by atoms with van der Waals surface area (Å²) in [6.07, 6.45) is 2.51. The van der Waals surface area contributed by atoms with E-state index in [4.69, 9.17) is 18.9 Å². The molecule has 5 aliphatic rings. The Kier molecular flexibility index (Phi) is 4.53. The molecule has 5 rings (SSSR count). The molecule has 5 heterocycles. The maximum Gasteiger partial charge on any atom is 0.379 e. The summed E-state index contributed by atoms with van der Waals surface area (Å²) in [4.78, 5) is 12.2. The van der Waals surface area contributed by atoms with Gasteiger partial charge < -0.3 is 33.9 Å². The van der Waals surface area contributed by atoms with E-state index in [0.717, 1.165) is 6.42 Å². The summed E-state index contributed by atoms with van der Waals surface area (Å²) in [7, 11) is 1.44. The highest BCUT2D eigenvalue weighted by atomic mass is 16.7. The van der Waals surface area contributed by atoms with E-state index < -0.39 is 22.5 Å². The topological polar surface area (TPSA) is 97.3 Å². The van der Waals surface area contributed by atoms with Crippen LogP contribution in [0.1, 0.15) is 52.9 Å². The first-order chi connectivity index (χ1) is 14.3. The lowest BCUT2D eigenvalue weighted by atomic mass is 9.77. The van der Waals surface area contributed by atoms with Gasteiger partial charge in [0.1, 0.15) is 30.1 Å². The van der Waals surface area contributed by atoms with Crippen LogP contribution in [0.4, 0.5) is 0 Å². The SMILES string of the molecule is CC[C@@H](O)[C@H]1CC[C@H]2O[C@]34CCC[N+]1([O-])[C@@H]2[C@H]3[C@H](C)/C(=C1/OC(=O)C(OC)=C1C)O4. The molecule has 8 atom stereocenters. The number of hydrogen-bond donors (Lipinski definition) is 1. The molecule has 0 aromatic heterocycles. The molecule has 4 saturated heterocycles. The number of esters is 1. The second-order valence-electron chi connectivity index (χ2n) is 9.42. The van der Waals surface area contributed by atoms with Gasteiger partial charge in [-0.15, -0.1) is 0 Å². The number of piperidine rings is 1. The first kappa shape index (κ1) is 20.3. The Hall–Kier alpha value is -1.61. The fourth-order valence-electron chi connectivity index (χ4n) is 6.78. The van der Waals surface area contributed by atoms with Crippen LogP contribution < -0.4 is 0 Å². The lowest BCUT2D eigenvalue weighted by Gasteiger charge is -2.58. The van der Waals surface area contributed by atoms with Gasteiger partial charge in [0.25, 0.3) is 0 Å². The van der Waals surface area contributed by atoms with Gasteiger partial charge in [-0.3, -0.25) is 0 Å². The quantitative estimate of drug-likeness (QED) is 0.425. The van der Waals surface area contributed by atoms with Crippen LogP contribution in [-0.4, -0.2) is 59.5 Å². The molecular weight excluding hydrogens is 390 g/mol. The van der Waals surface area contributed by atoms with E-state index in [1.807, 2.05) is 13.8 Å². The third-order valence-corrected chi connectivity index (χ3v) is 8.04. The van der Waals surface area contributed by atoms with Gasteiger partial charge in [-0.1, -0.05) is 13.8 Å². The molecule has 5 aliphatic heterocycles. The number of nitrogens with zero attached hydrogens (tertiary/aromatic N) is 1. The predicted molar refractivity (Wildman–Crippen MR) is 105 cm³/mol. The van der Waals surface area contributed by atoms with E-state index in [2.05, 4.69) is 0 Å². The summed E-state index contributed by atoms with van der Waals surface area (Å²) in [6, 6.07) is -0.618. The molecule has 1 N–H and O–H groups in total. The number of carbonyl (C=O) groups excluding carboxylic acids is 1. The second-order valence-corrected chi connectivity index (χ2v) is 9.42. The molecule has 0 saturated carbocycles. The van der Waals surface area contributed by atoms with Gasteiger partial charge in [-0.25, -0.2) is 4.79 Å². The molecule has 4 fully saturated rings. The van der Waals surface area contributed by atoms with Crippen molar-refractivity contribution >= 4 is 5.97 Å². The first-order valence-electron chi connectivity index (χ1n) is 11.1. The molecule has 2 bridgehead atoms. The molecule has 30 heavy (non-hydrogen) atoms. The van der Waals surface area contributed by atoms with Crippen LogP contribution in [0.15, 0.2) is 22.9 Å². The van der Waals surface area contributed by atoms with Crippen molar-refractivity contribution in [3.05, 3.63) is 28.1 Å². The number of aliphatic hydroxyl groups is 1. The maximum atomic E-state index is 14.3. The molecule has 1 unspecified atom stereocenters. The molecule has 8 heteroatoms. The number of quaternary nitrogens is 1. The molecule has 166 valence electrons. The Bertz CT molecular complexity index is 837. The van der Waals surface area contributed by atoms with E-state index in [1.54, 1.807) is 6.92 Å². The van der Waals surface area contributed by atoms with Crippen LogP contribution >= 0.6 is 0 Å². The van der Waals surface area contributed by atoms with Gasteiger partial charge in [0.05, 0.1) is 19.6 Å². The third kappa shape index (κ3) is 2.45. The minimum Gasteiger partial charge on any atom is -0.632 e. The van der Waals surface area contributed by atoms with E-state index in [-0.39, 0.29) is 35.8 Å². The smallest absolute Gasteiger partial charge is 0.379 e. The molecule has 0 aromatic carbocycles. The van der Waals surface area contributed by atoms with Crippen LogP contribution in [0.25, 0.3) is 0 Å². The van der Waals surface area contributed by atoms with Crippen molar-refractivity contribution in [1.29, 1.82) is 0 Å². The molecule has 8 nitrogen and oxygen atoms in total. The zero-order chi connectivity index (χ0) is 21.4. The number of hydrogen-bond acceptors (Lipinski definition) is 7. The lowest BCUT2D eigenvalue weighted by Crippen LogP contribution is -2.68. The van der Waals surface area contributed by atoms with Crippen molar-refractivity contribution in [2.24, 2.45) is 11.8 Å². The van der Waals surface area contributed by atoms with Crippen molar-refractivity contribution in [1.82, 2.24) is 0 Å². The Balaban J connectivity index is 1.58. The molecule has 0 radical (unpaired) electrons. The number of aliphatic hydroxyl groups excluding tert-OH is 1. The van der Waals surface area contributed by atoms with Gasteiger partial charge in [-0.2, -0.15) is 0 Å². The Morgan fingerprint density at radius 2 is 2.17 bits per heavy atom. The second kappa shape index (κ2) is 6.69. The number of carbonyl (C=O) groups is 1. The van der Waals surface area contributed by atoms with Crippen molar-refractivity contribution in [2.75, 3.05) is 13.7 Å². The average Bonchev–Trinajstić information content (AvgIpc) is 3.25. The largest absolute Gasteiger partial charge is 0.632 e. The van der Waals surface area contributed by atoms with Crippen molar-refractivity contribution in [3.8, 4) is 0 Å². The highest BCUT2D eigenvalue weighted by Gasteiger charge is 2.72. The number of rotatable bonds is 3. The molecule has 0 aromatic rings. The van der Waals surface area contributed by atoms with Crippen LogP contribution in [0.2, 0.25) is 0 Å². The standard InChI is InChI=1S/C22H31NO7/c1-5-14(24)13-7-8-15-17-16-11(2)19(18-12(3)20(27-4)21(25)28-18)30-22(16,29-15)9-6-10-23(13,17)26/h11,13-17,24H,5-10H2,1-4H3/b19-18-/t11-,13+,14+,15+,16+,17-,22-,23?/m0/s1. The summed E-state index contributed by atoms with van der Waals surface area (Å²) in [6.45, 7) is 6.22. The first-order valence-corrected chi connectivity index (χ1v) is 11.1. The molecule has 0 amide bonds. The monoisotopic (exact) mass is 421 g/mol. The summed E-state index contributed by atoms with van der Waals surface area (Å²) >= 11 is 0. The van der Waals surface area contributed by atoms with Crippen LogP contribution in [-0.2, 0) is 23.7 Å².